The fraction of sp³-hybridized carbons (Fsp3) is 0.538. The Morgan fingerprint density at radius 3 is 2.94 bits per heavy atom. The molecule has 1 aliphatic rings. The number of hydrogen-bond donors (Lipinski definition) is 2. The quantitative estimate of drug-likeness (QED) is 0.840. The molecule has 0 aromatic carbocycles. The van der Waals surface area contributed by atoms with Crippen LogP contribution in [0.4, 0.5) is 5.82 Å². The van der Waals surface area contributed by atoms with E-state index >= 15 is 0 Å². The van der Waals surface area contributed by atoms with E-state index in [0.717, 1.165) is 24.6 Å². The Bertz CT molecular complexity index is 405. The number of anilines is 1. The monoisotopic (exact) mass is 233 g/mol. The first-order chi connectivity index (χ1) is 8.19. The van der Waals surface area contributed by atoms with E-state index < -0.39 is 0 Å². The summed E-state index contributed by atoms with van der Waals surface area (Å²) in [7, 11) is 1.79. The fourth-order valence-electron chi connectivity index (χ4n) is 2.32. The minimum Gasteiger partial charge on any atom is -0.373 e. The van der Waals surface area contributed by atoms with E-state index in [2.05, 4.69) is 22.5 Å². The van der Waals surface area contributed by atoms with Crippen LogP contribution in [0.2, 0.25) is 0 Å². The summed E-state index contributed by atoms with van der Waals surface area (Å²) in [6, 6.07) is 3.85. The normalized spacial score (nSPS) is 23.4. The van der Waals surface area contributed by atoms with Crippen LogP contribution in [0.1, 0.15) is 36.5 Å². The summed E-state index contributed by atoms with van der Waals surface area (Å²) in [5.41, 5.74) is 0.670. The van der Waals surface area contributed by atoms with Gasteiger partial charge in [0.05, 0.1) is 0 Å². The van der Waals surface area contributed by atoms with Crippen LogP contribution in [-0.2, 0) is 0 Å². The molecule has 0 aliphatic heterocycles. The van der Waals surface area contributed by atoms with Crippen molar-refractivity contribution in [3.8, 4) is 0 Å². The standard InChI is InChI=1S/C13H19N3O/c1-9-3-4-11(7-9)16-13(17)10-5-6-15-12(8-10)14-2/h5-6,8-9,11H,3-4,7H2,1-2H3,(H,14,15)(H,16,17). The Hall–Kier alpha value is -1.58. The molecular formula is C13H19N3O. The van der Waals surface area contributed by atoms with E-state index in [9.17, 15) is 4.79 Å². The average Bonchev–Trinajstić information content (AvgIpc) is 2.75. The molecule has 4 nitrogen and oxygen atoms in total. The summed E-state index contributed by atoms with van der Waals surface area (Å²) < 4.78 is 0. The van der Waals surface area contributed by atoms with Gasteiger partial charge in [0, 0.05) is 24.8 Å². The molecule has 92 valence electrons. The molecule has 1 aromatic heterocycles. The summed E-state index contributed by atoms with van der Waals surface area (Å²) >= 11 is 0. The summed E-state index contributed by atoms with van der Waals surface area (Å²) in [5.74, 6) is 1.45. The van der Waals surface area contributed by atoms with Crippen LogP contribution in [0.3, 0.4) is 0 Å². The van der Waals surface area contributed by atoms with E-state index in [1.165, 1.54) is 6.42 Å². The van der Waals surface area contributed by atoms with Crippen molar-refractivity contribution >= 4 is 11.7 Å². The van der Waals surface area contributed by atoms with E-state index in [0.29, 0.717) is 11.6 Å². The molecule has 1 aromatic rings. The number of amides is 1. The van der Waals surface area contributed by atoms with Gasteiger partial charge in [-0.15, -0.1) is 0 Å². The van der Waals surface area contributed by atoms with Crippen LogP contribution in [0.15, 0.2) is 18.3 Å². The third-order valence-corrected chi connectivity index (χ3v) is 3.31. The number of pyridine rings is 1. The van der Waals surface area contributed by atoms with E-state index in [-0.39, 0.29) is 5.91 Å². The number of carbonyl (C=O) groups is 1. The van der Waals surface area contributed by atoms with Crippen molar-refractivity contribution in [3.63, 3.8) is 0 Å². The van der Waals surface area contributed by atoms with Crippen molar-refractivity contribution in [1.29, 1.82) is 0 Å². The first-order valence-corrected chi connectivity index (χ1v) is 6.13. The predicted molar refractivity (Wildman–Crippen MR) is 68.1 cm³/mol. The van der Waals surface area contributed by atoms with Crippen molar-refractivity contribution in [2.45, 2.75) is 32.2 Å². The number of nitrogens with zero attached hydrogens (tertiary/aromatic N) is 1. The highest BCUT2D eigenvalue weighted by Gasteiger charge is 2.23. The van der Waals surface area contributed by atoms with Crippen LogP contribution in [0.25, 0.3) is 0 Å². The van der Waals surface area contributed by atoms with Gasteiger partial charge >= 0.3 is 0 Å². The molecule has 2 rings (SSSR count). The molecule has 2 atom stereocenters. The van der Waals surface area contributed by atoms with Gasteiger partial charge in [0.25, 0.3) is 5.91 Å². The van der Waals surface area contributed by atoms with Crippen LogP contribution < -0.4 is 10.6 Å². The van der Waals surface area contributed by atoms with Crippen LogP contribution in [0, 0.1) is 5.92 Å². The van der Waals surface area contributed by atoms with Gasteiger partial charge in [-0.25, -0.2) is 4.98 Å². The van der Waals surface area contributed by atoms with Crippen molar-refractivity contribution in [2.75, 3.05) is 12.4 Å². The molecule has 1 amide bonds. The summed E-state index contributed by atoms with van der Waals surface area (Å²) in [6.07, 6.45) is 5.05. The zero-order valence-electron chi connectivity index (χ0n) is 10.4. The Morgan fingerprint density at radius 1 is 1.47 bits per heavy atom. The lowest BCUT2D eigenvalue weighted by Crippen LogP contribution is -2.32. The van der Waals surface area contributed by atoms with Gasteiger partial charge in [0.1, 0.15) is 5.82 Å². The number of nitrogens with one attached hydrogen (secondary N) is 2. The van der Waals surface area contributed by atoms with Crippen molar-refractivity contribution in [3.05, 3.63) is 23.9 Å². The first kappa shape index (κ1) is 11.9. The van der Waals surface area contributed by atoms with Gasteiger partial charge in [-0.05, 0) is 37.3 Å². The highest BCUT2D eigenvalue weighted by molar-refractivity contribution is 5.95. The molecule has 1 aliphatic carbocycles. The predicted octanol–water partition coefficient (Wildman–Crippen LogP) is 2.04. The van der Waals surface area contributed by atoms with Gasteiger partial charge in [-0.3, -0.25) is 4.79 Å². The number of rotatable bonds is 3. The third-order valence-electron chi connectivity index (χ3n) is 3.31. The number of aromatic nitrogens is 1. The summed E-state index contributed by atoms with van der Waals surface area (Å²) in [6.45, 7) is 2.23. The van der Waals surface area contributed by atoms with Crippen LogP contribution >= 0.6 is 0 Å². The molecule has 0 saturated heterocycles. The lowest BCUT2D eigenvalue weighted by Gasteiger charge is -2.12. The van der Waals surface area contributed by atoms with Gasteiger partial charge in [0.2, 0.25) is 0 Å². The first-order valence-electron chi connectivity index (χ1n) is 6.13. The SMILES string of the molecule is CNc1cc(C(=O)NC2CCC(C)C2)ccn1. The Kier molecular flexibility index (Phi) is 3.61. The second-order valence-corrected chi connectivity index (χ2v) is 4.77. The minimum absolute atomic E-state index is 0.00278. The highest BCUT2D eigenvalue weighted by atomic mass is 16.1. The summed E-state index contributed by atoms with van der Waals surface area (Å²) in [5, 5.41) is 6.01. The molecule has 4 heteroatoms. The number of hydrogen-bond acceptors (Lipinski definition) is 3. The zero-order valence-corrected chi connectivity index (χ0v) is 10.4. The fourth-order valence-corrected chi connectivity index (χ4v) is 2.32. The Morgan fingerprint density at radius 2 is 2.29 bits per heavy atom. The Labute approximate surface area is 102 Å². The van der Waals surface area contributed by atoms with E-state index in [1.54, 1.807) is 25.4 Å². The van der Waals surface area contributed by atoms with Crippen molar-refractivity contribution < 1.29 is 4.79 Å². The van der Waals surface area contributed by atoms with Crippen LogP contribution in [-0.4, -0.2) is 24.0 Å². The summed E-state index contributed by atoms with van der Waals surface area (Å²) in [4.78, 5) is 16.1. The largest absolute Gasteiger partial charge is 0.373 e. The molecule has 0 radical (unpaired) electrons. The molecule has 0 bridgehead atoms. The molecule has 2 N–H and O–H groups in total. The van der Waals surface area contributed by atoms with Crippen LogP contribution in [0.5, 0.6) is 0 Å². The lowest BCUT2D eigenvalue weighted by molar-refractivity contribution is 0.0937. The molecule has 2 unspecified atom stereocenters. The average molecular weight is 233 g/mol. The molecular weight excluding hydrogens is 214 g/mol. The van der Waals surface area contributed by atoms with E-state index in [1.807, 2.05) is 0 Å². The Balaban J connectivity index is 1.99. The maximum atomic E-state index is 12.0. The molecule has 1 saturated carbocycles. The van der Waals surface area contributed by atoms with Gasteiger partial charge in [-0.2, -0.15) is 0 Å². The molecule has 1 heterocycles. The smallest absolute Gasteiger partial charge is 0.251 e. The lowest BCUT2D eigenvalue weighted by atomic mass is 10.1. The van der Waals surface area contributed by atoms with Gasteiger partial charge in [-0.1, -0.05) is 6.92 Å². The molecule has 0 spiro atoms. The van der Waals surface area contributed by atoms with Gasteiger partial charge in [0.15, 0.2) is 0 Å². The second kappa shape index (κ2) is 5.17. The topological polar surface area (TPSA) is 54.0 Å². The maximum absolute atomic E-state index is 12.0. The number of carbonyl (C=O) groups excluding carboxylic acids is 1. The second-order valence-electron chi connectivity index (χ2n) is 4.77. The van der Waals surface area contributed by atoms with E-state index in [4.69, 9.17) is 0 Å². The molecule has 17 heavy (non-hydrogen) atoms. The van der Waals surface area contributed by atoms with Crippen molar-refractivity contribution in [2.24, 2.45) is 5.92 Å². The molecule has 1 fully saturated rings. The maximum Gasteiger partial charge on any atom is 0.251 e. The van der Waals surface area contributed by atoms with Gasteiger partial charge < -0.3 is 10.6 Å². The minimum atomic E-state index is 0.00278. The van der Waals surface area contributed by atoms with Crippen molar-refractivity contribution in [1.82, 2.24) is 10.3 Å². The zero-order chi connectivity index (χ0) is 12.3. The highest BCUT2D eigenvalue weighted by Crippen LogP contribution is 2.24. The third kappa shape index (κ3) is 2.96.